The van der Waals surface area contributed by atoms with Crippen molar-refractivity contribution in [3.05, 3.63) is 123 Å². The Bertz CT molecular complexity index is 1700. The number of anilines is 1. The van der Waals surface area contributed by atoms with Gasteiger partial charge in [0.25, 0.3) is 10.0 Å². The second-order valence-electron chi connectivity index (χ2n) is 10.9. The topological polar surface area (TPSA) is 96.0 Å². The van der Waals surface area contributed by atoms with Crippen molar-refractivity contribution in [2.24, 2.45) is 0 Å². The van der Waals surface area contributed by atoms with Crippen LogP contribution in [-0.2, 0) is 32.6 Å². The number of sulfonamides is 1. The summed E-state index contributed by atoms with van der Waals surface area (Å²) in [5, 5.41) is 2.97. The molecule has 4 aromatic rings. The lowest BCUT2D eigenvalue weighted by atomic mass is 10.0. The molecule has 0 aliphatic rings. The highest BCUT2D eigenvalue weighted by atomic mass is 79.9. The predicted octanol–water partition coefficient (Wildman–Crippen LogP) is 6.97. The van der Waals surface area contributed by atoms with Crippen LogP contribution in [0, 0.1) is 0 Å². The van der Waals surface area contributed by atoms with Gasteiger partial charge in [-0.2, -0.15) is 0 Å². The molecule has 0 heterocycles. The normalized spacial score (nSPS) is 12.0. The maximum atomic E-state index is 14.5. The Morgan fingerprint density at radius 2 is 1.39 bits per heavy atom. The fourth-order valence-corrected chi connectivity index (χ4v) is 6.80. The summed E-state index contributed by atoms with van der Waals surface area (Å²) in [5.74, 6) is -0.284. The lowest BCUT2D eigenvalue weighted by molar-refractivity contribution is -0.140. The number of nitrogens with zero attached hydrogens (tertiary/aromatic N) is 2. The molecule has 0 saturated heterocycles. The second kappa shape index (κ2) is 16.2. The summed E-state index contributed by atoms with van der Waals surface area (Å²) >= 11 is 6.82. The van der Waals surface area contributed by atoms with Crippen LogP contribution >= 0.6 is 31.9 Å². The molecule has 242 valence electrons. The van der Waals surface area contributed by atoms with Gasteiger partial charge in [-0.25, -0.2) is 8.42 Å². The first kappa shape index (κ1) is 35.2. The van der Waals surface area contributed by atoms with Crippen molar-refractivity contribution in [2.75, 3.05) is 17.5 Å². The number of benzene rings is 4. The van der Waals surface area contributed by atoms with Gasteiger partial charge < -0.3 is 15.0 Å². The van der Waals surface area contributed by atoms with Crippen molar-refractivity contribution in [2.45, 2.75) is 50.7 Å². The Kier molecular flexibility index (Phi) is 12.4. The summed E-state index contributed by atoms with van der Waals surface area (Å²) in [4.78, 5) is 29.8. The van der Waals surface area contributed by atoms with Crippen LogP contribution in [0.3, 0.4) is 0 Å². The Hall–Kier alpha value is -3.67. The van der Waals surface area contributed by atoms with E-state index in [0.717, 1.165) is 24.4 Å². The zero-order valence-corrected chi connectivity index (χ0v) is 29.9. The van der Waals surface area contributed by atoms with Gasteiger partial charge in [-0.3, -0.25) is 13.9 Å². The highest BCUT2D eigenvalue weighted by molar-refractivity contribution is 9.10. The van der Waals surface area contributed by atoms with Gasteiger partial charge in [0, 0.05) is 28.0 Å². The molecule has 0 radical (unpaired) electrons. The van der Waals surface area contributed by atoms with Crippen LogP contribution in [0.25, 0.3) is 0 Å². The molecule has 0 aromatic heterocycles. The average molecular weight is 772 g/mol. The first-order valence-corrected chi connectivity index (χ1v) is 17.9. The fourth-order valence-electron chi connectivity index (χ4n) is 4.86. The molecule has 46 heavy (non-hydrogen) atoms. The number of ether oxygens (including phenoxy) is 1. The van der Waals surface area contributed by atoms with E-state index in [9.17, 15) is 18.0 Å². The van der Waals surface area contributed by atoms with E-state index in [-0.39, 0.29) is 35.5 Å². The van der Waals surface area contributed by atoms with Crippen LogP contribution in [0.1, 0.15) is 31.9 Å². The quantitative estimate of drug-likeness (QED) is 0.150. The monoisotopic (exact) mass is 769 g/mol. The van der Waals surface area contributed by atoms with Gasteiger partial charge in [0.2, 0.25) is 11.8 Å². The summed E-state index contributed by atoms with van der Waals surface area (Å²) in [6.45, 7) is 5.57. The SMILES string of the molecule is CCOc1ccc(N(CC(=O)N(Cc2ccc(Br)cc2)[C@@H](Cc2ccccc2)C(=O)NC(C)C)S(=O)(=O)c2ccc(Br)cc2)cc1. The minimum atomic E-state index is -4.21. The van der Waals surface area contributed by atoms with Gasteiger partial charge in [-0.15, -0.1) is 0 Å². The second-order valence-corrected chi connectivity index (χ2v) is 14.6. The van der Waals surface area contributed by atoms with Crippen molar-refractivity contribution >= 4 is 59.4 Å². The first-order valence-electron chi connectivity index (χ1n) is 14.9. The number of hydrogen-bond donors (Lipinski definition) is 1. The van der Waals surface area contributed by atoms with Crippen LogP contribution < -0.4 is 14.4 Å². The van der Waals surface area contributed by atoms with Gasteiger partial charge in [0.1, 0.15) is 18.3 Å². The van der Waals surface area contributed by atoms with Crippen molar-refractivity contribution in [1.29, 1.82) is 0 Å². The van der Waals surface area contributed by atoms with E-state index in [1.54, 1.807) is 36.4 Å². The van der Waals surface area contributed by atoms with Crippen molar-refractivity contribution < 1.29 is 22.7 Å². The van der Waals surface area contributed by atoms with Crippen molar-refractivity contribution in [1.82, 2.24) is 10.2 Å². The molecule has 0 saturated carbocycles. The summed E-state index contributed by atoms with van der Waals surface area (Å²) in [6.07, 6.45) is 0.240. The zero-order chi connectivity index (χ0) is 33.3. The van der Waals surface area contributed by atoms with E-state index >= 15 is 0 Å². The van der Waals surface area contributed by atoms with Gasteiger partial charge in [-0.1, -0.05) is 74.3 Å². The molecule has 4 rings (SSSR count). The number of hydrogen-bond acceptors (Lipinski definition) is 5. The molecule has 8 nitrogen and oxygen atoms in total. The molecular weight excluding hydrogens is 734 g/mol. The Balaban J connectivity index is 1.80. The standard InChI is InChI=1S/C35H37Br2N3O5S/c1-4-45-31-18-16-30(17-19-31)40(46(43,44)32-20-14-29(37)15-21-32)24-34(41)39(23-27-10-12-28(36)13-11-27)33(35(42)38-25(2)3)22-26-8-6-5-7-9-26/h5-21,25,33H,4,22-24H2,1-3H3,(H,38,42)/t33-/m0/s1. The van der Waals surface area contributed by atoms with Crippen molar-refractivity contribution in [3.63, 3.8) is 0 Å². The van der Waals surface area contributed by atoms with E-state index in [1.165, 1.54) is 17.0 Å². The Morgan fingerprint density at radius 1 is 0.804 bits per heavy atom. The minimum Gasteiger partial charge on any atom is -0.494 e. The summed E-state index contributed by atoms with van der Waals surface area (Å²) in [5.41, 5.74) is 1.94. The van der Waals surface area contributed by atoms with Gasteiger partial charge in [0.15, 0.2) is 0 Å². The predicted molar refractivity (Wildman–Crippen MR) is 188 cm³/mol. The lowest BCUT2D eigenvalue weighted by Crippen LogP contribution is -2.54. The summed E-state index contributed by atoms with van der Waals surface area (Å²) < 4.78 is 36.6. The molecule has 0 bridgehead atoms. The highest BCUT2D eigenvalue weighted by Gasteiger charge is 2.35. The molecule has 1 N–H and O–H groups in total. The number of carbonyl (C=O) groups is 2. The van der Waals surface area contributed by atoms with E-state index in [4.69, 9.17) is 4.74 Å². The average Bonchev–Trinajstić information content (AvgIpc) is 3.03. The smallest absolute Gasteiger partial charge is 0.264 e. The van der Waals surface area contributed by atoms with Gasteiger partial charge in [0.05, 0.1) is 17.2 Å². The first-order chi connectivity index (χ1) is 22.0. The van der Waals surface area contributed by atoms with Crippen LogP contribution in [0.15, 0.2) is 117 Å². The van der Waals surface area contributed by atoms with Gasteiger partial charge in [-0.05, 0) is 92.6 Å². The van der Waals surface area contributed by atoms with E-state index in [0.29, 0.717) is 12.4 Å². The zero-order valence-electron chi connectivity index (χ0n) is 25.9. The Morgan fingerprint density at radius 3 is 1.96 bits per heavy atom. The fraction of sp³-hybridized carbons (Fsp3) is 0.257. The third-order valence-electron chi connectivity index (χ3n) is 7.08. The van der Waals surface area contributed by atoms with Crippen molar-refractivity contribution in [3.8, 4) is 5.75 Å². The van der Waals surface area contributed by atoms with Crippen LogP contribution in [0.5, 0.6) is 5.75 Å². The molecule has 0 aliphatic heterocycles. The molecule has 0 aliphatic carbocycles. The Labute approximate surface area is 288 Å². The largest absolute Gasteiger partial charge is 0.494 e. The number of amides is 2. The third kappa shape index (κ3) is 9.43. The molecule has 0 fully saturated rings. The van der Waals surface area contributed by atoms with E-state index < -0.39 is 28.5 Å². The van der Waals surface area contributed by atoms with Gasteiger partial charge >= 0.3 is 0 Å². The summed E-state index contributed by atoms with van der Waals surface area (Å²) in [6, 6.07) is 28.6. The van der Waals surface area contributed by atoms with Crippen LogP contribution in [0.2, 0.25) is 0 Å². The molecule has 0 spiro atoms. The molecular formula is C35H37Br2N3O5S. The third-order valence-corrected chi connectivity index (χ3v) is 9.93. The van der Waals surface area contributed by atoms with E-state index in [2.05, 4.69) is 37.2 Å². The molecule has 0 unspecified atom stereocenters. The number of halogens is 2. The highest BCUT2D eigenvalue weighted by Crippen LogP contribution is 2.28. The molecule has 2 amide bonds. The van der Waals surface area contributed by atoms with E-state index in [1.807, 2.05) is 75.4 Å². The maximum absolute atomic E-state index is 14.5. The molecule has 1 atom stereocenters. The maximum Gasteiger partial charge on any atom is 0.264 e. The number of rotatable bonds is 14. The number of carbonyl (C=O) groups excluding carboxylic acids is 2. The molecule has 11 heteroatoms. The number of nitrogens with one attached hydrogen (secondary N) is 1. The minimum absolute atomic E-state index is 0.0234. The lowest BCUT2D eigenvalue weighted by Gasteiger charge is -2.34. The van der Waals surface area contributed by atoms with Crippen LogP contribution in [-0.4, -0.2) is 50.4 Å². The van der Waals surface area contributed by atoms with Crippen LogP contribution in [0.4, 0.5) is 5.69 Å². The summed E-state index contributed by atoms with van der Waals surface area (Å²) in [7, 11) is -4.21. The molecule has 4 aromatic carbocycles.